The number of hydrogen-bond donors (Lipinski definition) is 1. The van der Waals surface area contributed by atoms with E-state index in [1.807, 2.05) is 13.8 Å². The van der Waals surface area contributed by atoms with Crippen LogP contribution >= 0.6 is 0 Å². The van der Waals surface area contributed by atoms with Gasteiger partial charge in [0.15, 0.2) is 0 Å². The van der Waals surface area contributed by atoms with Crippen molar-refractivity contribution in [1.82, 2.24) is 0 Å². The van der Waals surface area contributed by atoms with E-state index in [1.165, 1.54) is 0 Å². The highest BCUT2D eigenvalue weighted by Gasteiger charge is 2.50. The molecule has 1 unspecified atom stereocenters. The average molecular weight is 348 g/mol. The van der Waals surface area contributed by atoms with Crippen molar-refractivity contribution in [3.8, 4) is 0 Å². The second-order valence-electron chi connectivity index (χ2n) is 6.05. The summed E-state index contributed by atoms with van der Waals surface area (Å²) in [5.74, 6) is -0.407. The van der Waals surface area contributed by atoms with Gasteiger partial charge < -0.3 is 19.0 Å². The molecule has 138 valence electrons. The quantitative estimate of drug-likeness (QED) is 0.454. The largest absolute Gasteiger partial charge is 0.501 e. The molecule has 0 bridgehead atoms. The van der Waals surface area contributed by atoms with E-state index in [9.17, 15) is 4.79 Å². The lowest BCUT2D eigenvalue weighted by Gasteiger charge is -2.39. The van der Waals surface area contributed by atoms with Crippen LogP contribution in [-0.2, 0) is 18.1 Å². The molecule has 0 heterocycles. The van der Waals surface area contributed by atoms with Gasteiger partial charge in [-0.15, -0.1) is 0 Å². The molecule has 0 radical (unpaired) electrons. The fourth-order valence-electron chi connectivity index (χ4n) is 2.55. The highest BCUT2D eigenvalue weighted by atomic mass is 28.4. The van der Waals surface area contributed by atoms with Crippen molar-refractivity contribution < 1.29 is 18.1 Å². The normalized spacial score (nSPS) is 14.7. The van der Waals surface area contributed by atoms with Gasteiger partial charge in [-0.1, -0.05) is 47.5 Å². The number of rotatable bonds is 15. The molecule has 0 aliphatic heterocycles. The first-order chi connectivity index (χ1) is 11.0. The lowest BCUT2D eigenvalue weighted by molar-refractivity contribution is -0.140. The molecule has 2 N–H and O–H groups in total. The second kappa shape index (κ2) is 12.0. The summed E-state index contributed by atoms with van der Waals surface area (Å²) in [6, 6.07) is 0.738. The maximum Gasteiger partial charge on any atom is 0.501 e. The van der Waals surface area contributed by atoms with Crippen molar-refractivity contribution in [2.45, 2.75) is 91.2 Å². The lowest BCUT2D eigenvalue weighted by Crippen LogP contribution is -2.58. The molecule has 6 heteroatoms. The summed E-state index contributed by atoms with van der Waals surface area (Å²) < 4.78 is 18.7. The van der Waals surface area contributed by atoms with Gasteiger partial charge >= 0.3 is 8.80 Å². The van der Waals surface area contributed by atoms with E-state index < -0.39 is 20.3 Å². The molecular weight excluding hydrogens is 310 g/mol. The van der Waals surface area contributed by atoms with E-state index in [0.29, 0.717) is 26.1 Å². The molecule has 0 rings (SSSR count). The van der Waals surface area contributed by atoms with Gasteiger partial charge in [-0.05, 0) is 32.1 Å². The van der Waals surface area contributed by atoms with Gasteiger partial charge in [0.1, 0.15) is 5.60 Å². The van der Waals surface area contributed by atoms with Crippen LogP contribution in [0.5, 0.6) is 0 Å². The van der Waals surface area contributed by atoms with E-state index in [4.69, 9.17) is 19.0 Å². The Morgan fingerprint density at radius 3 is 1.87 bits per heavy atom. The molecule has 0 saturated heterocycles. The summed E-state index contributed by atoms with van der Waals surface area (Å²) in [7, 11) is -2.92. The van der Waals surface area contributed by atoms with Gasteiger partial charge in [0.25, 0.3) is 0 Å². The topological polar surface area (TPSA) is 70.8 Å². The summed E-state index contributed by atoms with van der Waals surface area (Å²) >= 11 is 0. The fourth-order valence-corrected chi connectivity index (χ4v) is 5.90. The molecule has 0 aromatic carbocycles. The predicted molar refractivity (Wildman–Crippen MR) is 96.2 cm³/mol. The van der Waals surface area contributed by atoms with Gasteiger partial charge in [0, 0.05) is 19.3 Å². The standard InChI is InChI=1S/C17H37NO4Si/c1-6-11-15-23(20-13-8-3,21-14-9-4)22-17(10-5,12-7-2)16(18)19/h6-15H2,1-5H3,(H2,18,19). The van der Waals surface area contributed by atoms with E-state index in [2.05, 4.69) is 20.8 Å². The Bertz CT molecular complexity index is 306. The van der Waals surface area contributed by atoms with Crippen molar-refractivity contribution in [3.63, 3.8) is 0 Å². The van der Waals surface area contributed by atoms with Crippen molar-refractivity contribution >= 4 is 14.7 Å². The minimum absolute atomic E-state index is 0.407. The van der Waals surface area contributed by atoms with E-state index in [0.717, 1.165) is 38.1 Å². The van der Waals surface area contributed by atoms with Crippen LogP contribution < -0.4 is 5.73 Å². The van der Waals surface area contributed by atoms with Crippen LogP contribution in [0.3, 0.4) is 0 Å². The molecule has 1 atom stereocenters. The van der Waals surface area contributed by atoms with Crippen molar-refractivity contribution in [3.05, 3.63) is 0 Å². The molecular formula is C17H37NO4Si. The van der Waals surface area contributed by atoms with Crippen molar-refractivity contribution in [2.75, 3.05) is 13.2 Å². The van der Waals surface area contributed by atoms with E-state index >= 15 is 0 Å². The Balaban J connectivity index is 5.50. The maximum absolute atomic E-state index is 12.1. The van der Waals surface area contributed by atoms with Crippen LogP contribution in [0.25, 0.3) is 0 Å². The van der Waals surface area contributed by atoms with Gasteiger partial charge in [-0.2, -0.15) is 0 Å². The monoisotopic (exact) mass is 347 g/mol. The maximum atomic E-state index is 12.1. The molecule has 0 saturated carbocycles. The second-order valence-corrected chi connectivity index (χ2v) is 8.70. The first-order valence-corrected chi connectivity index (χ1v) is 11.2. The van der Waals surface area contributed by atoms with Gasteiger partial charge in [0.2, 0.25) is 5.91 Å². The first-order valence-electron chi connectivity index (χ1n) is 9.23. The SMILES string of the molecule is CCCC[Si](OCCC)(OCCC)OC(CC)(CCC)C(N)=O. The molecule has 0 aromatic heterocycles. The van der Waals surface area contributed by atoms with Gasteiger partial charge in [-0.25, -0.2) is 0 Å². The van der Waals surface area contributed by atoms with Gasteiger partial charge in [-0.3, -0.25) is 4.79 Å². The zero-order chi connectivity index (χ0) is 17.8. The minimum Gasteiger partial charge on any atom is -0.373 e. The number of amides is 1. The highest BCUT2D eigenvalue weighted by Crippen LogP contribution is 2.31. The Morgan fingerprint density at radius 2 is 1.52 bits per heavy atom. The number of hydrogen-bond acceptors (Lipinski definition) is 4. The zero-order valence-corrected chi connectivity index (χ0v) is 16.8. The van der Waals surface area contributed by atoms with Gasteiger partial charge in [0.05, 0.1) is 0 Å². The number of carbonyl (C=O) groups excluding carboxylic acids is 1. The van der Waals surface area contributed by atoms with Crippen LogP contribution in [0.15, 0.2) is 0 Å². The highest BCUT2D eigenvalue weighted by molar-refractivity contribution is 6.61. The molecule has 0 fully saturated rings. The summed E-state index contributed by atoms with van der Waals surface area (Å²) in [6.07, 6.45) is 5.76. The fraction of sp³-hybridized carbons (Fsp3) is 0.941. The molecule has 23 heavy (non-hydrogen) atoms. The first kappa shape index (κ1) is 22.6. The number of unbranched alkanes of at least 4 members (excludes halogenated alkanes) is 1. The zero-order valence-electron chi connectivity index (χ0n) is 15.8. The number of nitrogens with two attached hydrogens (primary N) is 1. The molecule has 0 aliphatic rings. The minimum atomic E-state index is -2.92. The summed E-state index contributed by atoms with van der Waals surface area (Å²) in [5.41, 5.74) is 4.73. The third kappa shape index (κ3) is 7.33. The molecule has 0 aliphatic carbocycles. The Hall–Kier alpha value is -0.433. The lowest BCUT2D eigenvalue weighted by atomic mass is 9.94. The Kier molecular flexibility index (Phi) is 11.8. The average Bonchev–Trinajstić information content (AvgIpc) is 2.55. The molecule has 1 amide bonds. The molecule has 0 spiro atoms. The van der Waals surface area contributed by atoms with Crippen LogP contribution in [-0.4, -0.2) is 33.5 Å². The molecule has 5 nitrogen and oxygen atoms in total. The van der Waals surface area contributed by atoms with E-state index in [1.54, 1.807) is 0 Å². The van der Waals surface area contributed by atoms with E-state index in [-0.39, 0.29) is 0 Å². The summed E-state index contributed by atoms with van der Waals surface area (Å²) in [4.78, 5) is 12.1. The number of carbonyl (C=O) groups is 1. The third-order valence-electron chi connectivity index (χ3n) is 3.91. The smallest absolute Gasteiger partial charge is 0.373 e. The van der Waals surface area contributed by atoms with Crippen LogP contribution in [0.2, 0.25) is 6.04 Å². The predicted octanol–water partition coefficient (Wildman–Crippen LogP) is 4.03. The summed E-state index contributed by atoms with van der Waals surface area (Å²) in [6.45, 7) is 11.4. The van der Waals surface area contributed by atoms with Crippen molar-refractivity contribution in [1.29, 1.82) is 0 Å². The summed E-state index contributed by atoms with van der Waals surface area (Å²) in [5, 5.41) is 0. The Labute approximate surface area is 143 Å². The van der Waals surface area contributed by atoms with Crippen LogP contribution in [0.4, 0.5) is 0 Å². The van der Waals surface area contributed by atoms with Crippen LogP contribution in [0, 0.1) is 0 Å². The van der Waals surface area contributed by atoms with Crippen LogP contribution in [0.1, 0.15) is 79.6 Å². The van der Waals surface area contributed by atoms with Crippen molar-refractivity contribution in [2.24, 2.45) is 5.73 Å². The number of primary amides is 1. The Morgan fingerprint density at radius 1 is 0.957 bits per heavy atom. The molecule has 0 aromatic rings. The third-order valence-corrected chi connectivity index (χ3v) is 6.87.